The van der Waals surface area contributed by atoms with Crippen LogP contribution in [0.4, 0.5) is 11.4 Å². The molecule has 48 heavy (non-hydrogen) atoms. The smallest absolute Gasteiger partial charge is 0.207 e. The van der Waals surface area contributed by atoms with Crippen LogP contribution >= 0.6 is 0 Å². The van der Waals surface area contributed by atoms with E-state index in [1.807, 2.05) is 36.9 Å². The normalized spacial score (nSPS) is 15.8. The van der Waals surface area contributed by atoms with Crippen LogP contribution < -0.4 is 21.4 Å². The maximum atomic E-state index is 5.04. The minimum absolute atomic E-state index is 0. The average molecular weight is 807 g/mol. The second-order valence-electron chi connectivity index (χ2n) is 12.6. The summed E-state index contributed by atoms with van der Waals surface area (Å²) in [4.78, 5) is 2.05. The molecule has 2 heterocycles. The van der Waals surface area contributed by atoms with Crippen molar-refractivity contribution in [1.29, 1.82) is 0 Å². The van der Waals surface area contributed by atoms with Crippen LogP contribution in [0.2, 0.25) is 0 Å². The van der Waals surface area contributed by atoms with Crippen LogP contribution in [0, 0.1) is 39.6 Å². The predicted octanol–water partition coefficient (Wildman–Crippen LogP) is 6.89. The molecular weight excluding hydrogens is 768 g/mol. The van der Waals surface area contributed by atoms with Crippen molar-refractivity contribution in [1.82, 2.24) is 4.90 Å². The number of azo groups is 2. The zero-order valence-electron chi connectivity index (χ0n) is 28.2. The maximum Gasteiger partial charge on any atom is 0.207 e. The van der Waals surface area contributed by atoms with Crippen LogP contribution in [0.5, 0.6) is 0 Å². The Balaban J connectivity index is 0.00000401. The molecule has 1 atom stereocenters. The molecule has 2 aliphatic heterocycles. The Hall–Kier alpha value is -4.54. The summed E-state index contributed by atoms with van der Waals surface area (Å²) in [5, 5.41) is 11.9. The first-order valence-corrected chi connectivity index (χ1v) is 16.2. The molecular formula is C41H38BN5Pt-2. The van der Waals surface area contributed by atoms with E-state index >= 15 is 0 Å². The van der Waals surface area contributed by atoms with Crippen molar-refractivity contribution in [2.45, 2.75) is 40.7 Å². The van der Waals surface area contributed by atoms with Gasteiger partial charge in [-0.3, -0.25) is 0 Å². The summed E-state index contributed by atoms with van der Waals surface area (Å²) >= 11 is 0. The third-order valence-electron chi connectivity index (χ3n) is 9.11. The number of hydrazone groups is 1. The SMILES string of the molecule is CC1=C(c2ccccc2)C(C)[N+](c2[c-]c(B(c3[c-]c(N4[CH-]N(C)C(c5ccccc5)=N4)ccc3)c3c(C)cc(C)cc3C)ccc2)=N1.[Pt]. The van der Waals surface area contributed by atoms with Crippen molar-refractivity contribution in [2.24, 2.45) is 10.2 Å². The quantitative estimate of drug-likeness (QED) is 0.102. The third kappa shape index (κ3) is 6.34. The number of anilines is 1. The van der Waals surface area contributed by atoms with E-state index < -0.39 is 0 Å². The van der Waals surface area contributed by atoms with Gasteiger partial charge in [-0.15, -0.1) is 23.5 Å². The Labute approximate surface area is 299 Å². The summed E-state index contributed by atoms with van der Waals surface area (Å²) < 4.78 is 2.11. The van der Waals surface area contributed by atoms with Crippen LogP contribution in [0.3, 0.4) is 0 Å². The molecule has 0 amide bonds. The van der Waals surface area contributed by atoms with Gasteiger partial charge in [-0.25, -0.2) is 0 Å². The molecule has 5 aromatic carbocycles. The van der Waals surface area contributed by atoms with Crippen molar-refractivity contribution < 1.29 is 25.8 Å². The van der Waals surface area contributed by atoms with Gasteiger partial charge < -0.3 is 9.91 Å². The van der Waals surface area contributed by atoms with Crippen molar-refractivity contribution in [2.75, 3.05) is 12.1 Å². The van der Waals surface area contributed by atoms with Crippen LogP contribution in [-0.4, -0.2) is 35.2 Å². The fraction of sp³-hybridized carbons (Fsp3) is 0.171. The van der Waals surface area contributed by atoms with E-state index in [1.165, 1.54) is 33.3 Å². The fourth-order valence-electron chi connectivity index (χ4n) is 7.12. The molecule has 0 spiro atoms. The number of hydrogen-bond acceptors (Lipinski definition) is 4. The van der Waals surface area contributed by atoms with Gasteiger partial charge in [0, 0.05) is 33.6 Å². The van der Waals surface area contributed by atoms with Gasteiger partial charge in [0.2, 0.25) is 6.04 Å². The van der Waals surface area contributed by atoms with Crippen molar-refractivity contribution in [3.05, 3.63) is 162 Å². The monoisotopic (exact) mass is 806 g/mol. The van der Waals surface area contributed by atoms with Gasteiger partial charge in [0.05, 0.1) is 5.57 Å². The van der Waals surface area contributed by atoms with E-state index in [-0.39, 0.29) is 33.8 Å². The summed E-state index contributed by atoms with van der Waals surface area (Å²) in [5.74, 6) is 0.898. The average Bonchev–Trinajstić information content (AvgIpc) is 3.61. The molecule has 0 aliphatic carbocycles. The van der Waals surface area contributed by atoms with Gasteiger partial charge in [0.15, 0.2) is 6.71 Å². The number of allylic oxidation sites excluding steroid dienone is 1. The van der Waals surface area contributed by atoms with Crippen LogP contribution in [0.25, 0.3) is 5.57 Å². The zero-order chi connectivity index (χ0) is 32.7. The van der Waals surface area contributed by atoms with Crippen LogP contribution in [0.1, 0.15) is 41.7 Å². The Kier molecular flexibility index (Phi) is 9.66. The van der Waals surface area contributed by atoms with Crippen LogP contribution in [0.15, 0.2) is 125 Å². The molecule has 5 aromatic rings. The van der Waals surface area contributed by atoms with Crippen LogP contribution in [-0.2, 0) is 21.1 Å². The van der Waals surface area contributed by atoms with E-state index in [0.29, 0.717) is 0 Å². The van der Waals surface area contributed by atoms with Crippen molar-refractivity contribution >= 4 is 45.9 Å². The first kappa shape index (κ1) is 33.4. The first-order valence-electron chi connectivity index (χ1n) is 16.2. The van der Waals surface area contributed by atoms with E-state index in [9.17, 15) is 0 Å². The molecule has 7 heteroatoms. The number of benzene rings is 5. The predicted molar refractivity (Wildman–Crippen MR) is 194 cm³/mol. The van der Waals surface area contributed by atoms with E-state index in [4.69, 9.17) is 10.2 Å². The van der Waals surface area contributed by atoms with E-state index in [1.54, 1.807) is 0 Å². The van der Waals surface area contributed by atoms with Gasteiger partial charge in [0.25, 0.3) is 0 Å². The van der Waals surface area contributed by atoms with Crippen molar-refractivity contribution in [3.8, 4) is 0 Å². The molecule has 2 aliphatic rings. The van der Waals surface area contributed by atoms with E-state index in [2.05, 4.69) is 147 Å². The topological polar surface area (TPSA) is 34.2 Å². The molecule has 0 N–H and O–H groups in total. The molecule has 0 bridgehead atoms. The minimum atomic E-state index is -0.0889. The number of amidine groups is 1. The van der Waals surface area contributed by atoms with Gasteiger partial charge in [-0.2, -0.15) is 46.4 Å². The number of nitrogens with zero attached hydrogens (tertiary/aromatic N) is 5. The largest absolute Gasteiger partial charge is 0.487 e. The summed E-state index contributed by atoms with van der Waals surface area (Å²) in [6.45, 7) is 12.8. The molecule has 0 saturated carbocycles. The molecule has 0 saturated heterocycles. The summed E-state index contributed by atoms with van der Waals surface area (Å²) in [6.07, 6.45) is 0. The number of rotatable bonds is 7. The zero-order valence-corrected chi connectivity index (χ0v) is 30.4. The molecule has 1 unspecified atom stereocenters. The fourth-order valence-corrected chi connectivity index (χ4v) is 7.12. The first-order chi connectivity index (χ1) is 22.8. The van der Waals surface area contributed by atoms with Crippen molar-refractivity contribution in [3.63, 3.8) is 0 Å². The molecule has 0 radical (unpaired) electrons. The number of hydrogen-bond donors (Lipinski definition) is 0. The Bertz CT molecular complexity index is 2030. The second kappa shape index (κ2) is 13.9. The van der Waals surface area contributed by atoms with Gasteiger partial charge in [-0.1, -0.05) is 107 Å². The molecule has 0 fully saturated rings. The van der Waals surface area contributed by atoms with Gasteiger partial charge >= 0.3 is 0 Å². The molecule has 0 aromatic heterocycles. The molecule has 242 valence electrons. The summed E-state index contributed by atoms with van der Waals surface area (Å²) in [7, 11) is 2.03. The number of aryl methyl sites for hydroxylation is 3. The standard InChI is InChI=1S/C41H38BN5.Pt/c1-28-23-29(2)40(30(3)24-28)42(35-19-13-21-37(25-35)46-27-45(6)41(44-46)34-17-11-8-12-18-34)36-20-14-22-38(26-36)47-32(5)39(31(4)43-47)33-15-9-7-10-16-33;/h7-24,27,32H,1-6H3;/q-2;. The Morgan fingerprint density at radius 2 is 1.35 bits per heavy atom. The summed E-state index contributed by atoms with van der Waals surface area (Å²) in [5.41, 5.74) is 13.6. The van der Waals surface area contributed by atoms with E-state index in [0.717, 1.165) is 39.4 Å². The minimum Gasteiger partial charge on any atom is -0.487 e. The second-order valence-corrected chi connectivity index (χ2v) is 12.6. The molecule has 7 rings (SSSR count). The Morgan fingerprint density at radius 3 is 2.02 bits per heavy atom. The van der Waals surface area contributed by atoms with Gasteiger partial charge in [0.1, 0.15) is 17.2 Å². The Morgan fingerprint density at radius 1 is 0.750 bits per heavy atom. The molecule has 5 nitrogen and oxygen atoms in total. The van der Waals surface area contributed by atoms with Gasteiger partial charge in [-0.05, 0) is 45.4 Å². The maximum absolute atomic E-state index is 5.04. The summed E-state index contributed by atoms with van der Waals surface area (Å²) in [6, 6.07) is 45.9. The third-order valence-corrected chi connectivity index (χ3v) is 9.11.